The van der Waals surface area contributed by atoms with Crippen LogP contribution in [-0.2, 0) is 4.79 Å². The summed E-state index contributed by atoms with van der Waals surface area (Å²) in [4.78, 5) is 11.6. The van der Waals surface area contributed by atoms with E-state index in [2.05, 4.69) is 26.1 Å². The van der Waals surface area contributed by atoms with Crippen molar-refractivity contribution in [2.75, 3.05) is 11.1 Å². The molecule has 0 aromatic heterocycles. The maximum Gasteiger partial charge on any atom is 0.234 e. The van der Waals surface area contributed by atoms with Crippen molar-refractivity contribution in [1.82, 2.24) is 0 Å². The zero-order valence-corrected chi connectivity index (χ0v) is 11.3. The molecule has 2 nitrogen and oxygen atoms in total. The first-order valence-corrected chi connectivity index (χ1v) is 6.42. The van der Waals surface area contributed by atoms with Crippen molar-refractivity contribution >= 4 is 35.0 Å². The smallest absolute Gasteiger partial charge is 0.234 e. The van der Waals surface area contributed by atoms with E-state index in [-0.39, 0.29) is 10.7 Å². The molecule has 1 amide bonds. The maximum atomic E-state index is 11.6. The van der Waals surface area contributed by atoms with Gasteiger partial charge < -0.3 is 5.32 Å². The summed E-state index contributed by atoms with van der Waals surface area (Å²) in [7, 11) is 0. The van der Waals surface area contributed by atoms with Crippen molar-refractivity contribution in [3.63, 3.8) is 0 Å². The molecule has 16 heavy (non-hydrogen) atoms. The van der Waals surface area contributed by atoms with Crippen LogP contribution in [0.1, 0.15) is 20.8 Å². The van der Waals surface area contributed by atoms with Crippen LogP contribution in [0, 0.1) is 0 Å². The third-order valence-corrected chi connectivity index (χ3v) is 3.25. The van der Waals surface area contributed by atoms with E-state index in [0.29, 0.717) is 10.8 Å². The van der Waals surface area contributed by atoms with Gasteiger partial charge in [-0.05, 0) is 18.2 Å². The van der Waals surface area contributed by atoms with Crippen LogP contribution in [0.15, 0.2) is 24.3 Å². The summed E-state index contributed by atoms with van der Waals surface area (Å²) < 4.78 is 0.103. The molecule has 1 aromatic rings. The zero-order chi connectivity index (χ0) is 12.2. The first-order valence-electron chi connectivity index (χ1n) is 5.06. The fraction of sp³-hybridized carbons (Fsp3) is 0.417. The number of carbonyl (C=O) groups is 1. The van der Waals surface area contributed by atoms with E-state index in [0.717, 1.165) is 5.69 Å². The summed E-state index contributed by atoms with van der Waals surface area (Å²) in [5, 5.41) is 3.44. The van der Waals surface area contributed by atoms with Crippen molar-refractivity contribution in [3.05, 3.63) is 29.3 Å². The Hall–Kier alpha value is -0.670. The lowest BCUT2D eigenvalue weighted by molar-refractivity contribution is -0.113. The van der Waals surface area contributed by atoms with Gasteiger partial charge in [-0.3, -0.25) is 4.79 Å². The lowest BCUT2D eigenvalue weighted by Crippen LogP contribution is -2.18. The third-order valence-electron chi connectivity index (χ3n) is 1.74. The van der Waals surface area contributed by atoms with Crippen molar-refractivity contribution in [3.8, 4) is 0 Å². The number of amides is 1. The van der Waals surface area contributed by atoms with Crippen molar-refractivity contribution in [2.24, 2.45) is 0 Å². The Bertz CT molecular complexity index is 374. The van der Waals surface area contributed by atoms with Gasteiger partial charge in [-0.15, -0.1) is 11.8 Å². The fourth-order valence-electron chi connectivity index (χ4n) is 1.05. The van der Waals surface area contributed by atoms with E-state index in [1.54, 1.807) is 23.9 Å². The highest BCUT2D eigenvalue weighted by atomic mass is 35.5. The molecular formula is C12H16ClNOS. The highest BCUT2D eigenvalue weighted by molar-refractivity contribution is 8.01. The van der Waals surface area contributed by atoms with E-state index in [4.69, 9.17) is 11.6 Å². The summed E-state index contributed by atoms with van der Waals surface area (Å²) in [5.74, 6) is 0.456. The predicted octanol–water partition coefficient (Wildman–Crippen LogP) is 3.81. The van der Waals surface area contributed by atoms with Gasteiger partial charge >= 0.3 is 0 Å². The second-order valence-corrected chi connectivity index (χ2v) is 6.70. The number of anilines is 1. The second-order valence-electron chi connectivity index (χ2n) is 4.46. The second kappa shape index (κ2) is 5.60. The Balaban J connectivity index is 2.46. The van der Waals surface area contributed by atoms with E-state index < -0.39 is 0 Å². The van der Waals surface area contributed by atoms with Gasteiger partial charge in [0.05, 0.1) is 5.75 Å². The summed E-state index contributed by atoms with van der Waals surface area (Å²) in [6, 6.07) is 7.16. The first kappa shape index (κ1) is 13.4. The third kappa shape index (κ3) is 5.42. The first-order chi connectivity index (χ1) is 7.37. The Morgan fingerprint density at radius 1 is 1.44 bits per heavy atom. The van der Waals surface area contributed by atoms with Gasteiger partial charge in [-0.2, -0.15) is 0 Å². The monoisotopic (exact) mass is 257 g/mol. The fourth-order valence-corrected chi connectivity index (χ4v) is 1.87. The van der Waals surface area contributed by atoms with Crippen LogP contribution in [0.25, 0.3) is 0 Å². The SMILES string of the molecule is CC(C)(C)SCC(=O)Nc1cccc(Cl)c1. The quantitative estimate of drug-likeness (QED) is 0.892. The number of hydrogen-bond acceptors (Lipinski definition) is 2. The van der Waals surface area contributed by atoms with Gasteiger partial charge in [-0.25, -0.2) is 0 Å². The molecule has 88 valence electrons. The number of nitrogens with one attached hydrogen (secondary N) is 1. The topological polar surface area (TPSA) is 29.1 Å². The van der Waals surface area contributed by atoms with E-state index >= 15 is 0 Å². The van der Waals surface area contributed by atoms with Crippen LogP contribution in [0.4, 0.5) is 5.69 Å². The minimum absolute atomic E-state index is 0.00203. The van der Waals surface area contributed by atoms with Gasteiger partial charge in [0.25, 0.3) is 0 Å². The standard InChI is InChI=1S/C12H16ClNOS/c1-12(2,3)16-8-11(15)14-10-6-4-5-9(13)7-10/h4-7H,8H2,1-3H3,(H,14,15). The van der Waals surface area contributed by atoms with Crippen LogP contribution in [0.5, 0.6) is 0 Å². The van der Waals surface area contributed by atoms with Crippen LogP contribution in [0.2, 0.25) is 5.02 Å². The average molecular weight is 258 g/mol. The molecule has 0 heterocycles. The van der Waals surface area contributed by atoms with E-state index in [9.17, 15) is 4.79 Å². The minimum atomic E-state index is 0.00203. The molecule has 0 aliphatic rings. The lowest BCUT2D eigenvalue weighted by atomic mass is 10.3. The summed E-state index contributed by atoms with van der Waals surface area (Å²) in [6.45, 7) is 6.26. The molecule has 4 heteroatoms. The molecular weight excluding hydrogens is 242 g/mol. The van der Waals surface area contributed by atoms with Crippen LogP contribution in [-0.4, -0.2) is 16.4 Å². The average Bonchev–Trinajstić information content (AvgIpc) is 2.14. The molecule has 0 saturated carbocycles. The molecule has 0 unspecified atom stereocenters. The molecule has 0 fully saturated rings. The van der Waals surface area contributed by atoms with Crippen LogP contribution in [0.3, 0.4) is 0 Å². The van der Waals surface area contributed by atoms with Crippen molar-refractivity contribution in [2.45, 2.75) is 25.5 Å². The predicted molar refractivity (Wildman–Crippen MR) is 72.3 cm³/mol. The number of thioether (sulfide) groups is 1. The van der Waals surface area contributed by atoms with E-state index in [1.165, 1.54) is 0 Å². The summed E-state index contributed by atoms with van der Waals surface area (Å²) in [6.07, 6.45) is 0. The number of benzene rings is 1. The van der Waals surface area contributed by atoms with Gasteiger partial charge in [0.1, 0.15) is 0 Å². The summed E-state index contributed by atoms with van der Waals surface area (Å²) >= 11 is 7.44. The number of halogens is 1. The van der Waals surface area contributed by atoms with Crippen molar-refractivity contribution < 1.29 is 4.79 Å². The molecule has 0 aliphatic carbocycles. The van der Waals surface area contributed by atoms with Crippen LogP contribution < -0.4 is 5.32 Å². The number of carbonyl (C=O) groups excluding carboxylic acids is 1. The normalized spacial score (nSPS) is 11.2. The largest absolute Gasteiger partial charge is 0.325 e. The Morgan fingerprint density at radius 2 is 2.12 bits per heavy atom. The highest BCUT2D eigenvalue weighted by Gasteiger charge is 2.13. The molecule has 0 aliphatic heterocycles. The van der Waals surface area contributed by atoms with E-state index in [1.807, 2.05) is 12.1 Å². The zero-order valence-electron chi connectivity index (χ0n) is 9.71. The lowest BCUT2D eigenvalue weighted by Gasteiger charge is -2.16. The van der Waals surface area contributed by atoms with Gasteiger partial charge in [-0.1, -0.05) is 38.4 Å². The van der Waals surface area contributed by atoms with Gasteiger partial charge in [0, 0.05) is 15.5 Å². The molecule has 0 atom stereocenters. The molecule has 0 radical (unpaired) electrons. The molecule has 0 bridgehead atoms. The molecule has 1 aromatic carbocycles. The van der Waals surface area contributed by atoms with Gasteiger partial charge in [0.2, 0.25) is 5.91 Å². The number of hydrogen-bond donors (Lipinski definition) is 1. The Morgan fingerprint density at radius 3 is 2.69 bits per heavy atom. The van der Waals surface area contributed by atoms with Crippen LogP contribution >= 0.6 is 23.4 Å². The molecule has 0 spiro atoms. The van der Waals surface area contributed by atoms with Gasteiger partial charge in [0.15, 0.2) is 0 Å². The summed E-state index contributed by atoms with van der Waals surface area (Å²) in [5.41, 5.74) is 0.743. The Kier molecular flexibility index (Phi) is 4.69. The highest BCUT2D eigenvalue weighted by Crippen LogP contribution is 2.23. The Labute approximate surface area is 106 Å². The minimum Gasteiger partial charge on any atom is -0.325 e. The maximum absolute atomic E-state index is 11.6. The molecule has 1 N–H and O–H groups in total. The molecule has 0 saturated heterocycles. The van der Waals surface area contributed by atoms with Crippen molar-refractivity contribution in [1.29, 1.82) is 0 Å². The molecule has 1 rings (SSSR count). The number of rotatable bonds is 3.